The van der Waals surface area contributed by atoms with Crippen LogP contribution >= 0.6 is 0 Å². The van der Waals surface area contributed by atoms with Crippen LogP contribution in [0.2, 0.25) is 0 Å². The molecule has 1 atom stereocenters. The molecule has 1 aliphatic rings. The van der Waals surface area contributed by atoms with Crippen molar-refractivity contribution in [1.29, 1.82) is 0 Å². The van der Waals surface area contributed by atoms with Gasteiger partial charge in [0.05, 0.1) is 6.61 Å². The summed E-state index contributed by atoms with van der Waals surface area (Å²) in [5.74, 6) is 0.0270. The first-order chi connectivity index (χ1) is 9.69. The van der Waals surface area contributed by atoms with Gasteiger partial charge >= 0.3 is 0 Å². The number of halogens is 1. The van der Waals surface area contributed by atoms with Gasteiger partial charge in [0, 0.05) is 25.3 Å². The van der Waals surface area contributed by atoms with Crippen LogP contribution in [0.5, 0.6) is 0 Å². The lowest BCUT2D eigenvalue weighted by atomic mass is 10.0. The van der Waals surface area contributed by atoms with E-state index in [1.807, 2.05) is 0 Å². The molecule has 1 aliphatic heterocycles. The SMILES string of the molecule is N/C(=N/O)c1cc(F)cc(CNCC2CCCOC2)c1. The molecular weight excluding hydrogens is 261 g/mol. The fourth-order valence-electron chi connectivity index (χ4n) is 2.35. The van der Waals surface area contributed by atoms with Crippen molar-refractivity contribution in [3.63, 3.8) is 0 Å². The highest BCUT2D eigenvalue weighted by molar-refractivity contribution is 5.97. The zero-order valence-electron chi connectivity index (χ0n) is 11.3. The average molecular weight is 281 g/mol. The molecule has 5 nitrogen and oxygen atoms in total. The lowest BCUT2D eigenvalue weighted by Gasteiger charge is -2.22. The van der Waals surface area contributed by atoms with Crippen LogP contribution in [0.3, 0.4) is 0 Å². The van der Waals surface area contributed by atoms with Crippen LogP contribution in [0.25, 0.3) is 0 Å². The summed E-state index contributed by atoms with van der Waals surface area (Å²) >= 11 is 0. The molecule has 1 saturated heterocycles. The molecule has 0 amide bonds. The van der Waals surface area contributed by atoms with E-state index in [4.69, 9.17) is 15.7 Å². The van der Waals surface area contributed by atoms with Gasteiger partial charge < -0.3 is 21.0 Å². The van der Waals surface area contributed by atoms with E-state index in [9.17, 15) is 4.39 Å². The van der Waals surface area contributed by atoms with Crippen molar-refractivity contribution in [3.05, 3.63) is 35.1 Å². The molecule has 110 valence electrons. The Bertz CT molecular complexity index is 473. The summed E-state index contributed by atoms with van der Waals surface area (Å²) in [6, 6.07) is 4.40. The van der Waals surface area contributed by atoms with Crippen molar-refractivity contribution in [2.24, 2.45) is 16.8 Å². The van der Waals surface area contributed by atoms with Gasteiger partial charge in [0.1, 0.15) is 5.82 Å². The first kappa shape index (κ1) is 14.7. The third-order valence-corrected chi connectivity index (χ3v) is 3.38. The lowest BCUT2D eigenvalue weighted by Crippen LogP contribution is -2.29. The average Bonchev–Trinajstić information content (AvgIpc) is 2.47. The quantitative estimate of drug-likeness (QED) is 0.330. The summed E-state index contributed by atoms with van der Waals surface area (Å²) in [6.07, 6.45) is 2.26. The van der Waals surface area contributed by atoms with E-state index < -0.39 is 5.82 Å². The predicted octanol–water partition coefficient (Wildman–Crippen LogP) is 1.44. The number of hydrogen-bond acceptors (Lipinski definition) is 4. The number of rotatable bonds is 5. The Balaban J connectivity index is 1.90. The molecule has 0 radical (unpaired) electrons. The van der Waals surface area contributed by atoms with Crippen molar-refractivity contribution in [3.8, 4) is 0 Å². The van der Waals surface area contributed by atoms with E-state index in [2.05, 4.69) is 10.5 Å². The predicted molar refractivity (Wildman–Crippen MR) is 74.2 cm³/mol. The molecule has 1 fully saturated rings. The number of nitrogens with two attached hydrogens (primary N) is 1. The van der Waals surface area contributed by atoms with Gasteiger partial charge in [-0.05, 0) is 42.5 Å². The Kier molecular flexibility index (Phi) is 5.31. The van der Waals surface area contributed by atoms with Crippen LogP contribution in [0, 0.1) is 11.7 Å². The van der Waals surface area contributed by atoms with Gasteiger partial charge in [-0.25, -0.2) is 4.39 Å². The molecule has 0 aromatic heterocycles. The highest BCUT2D eigenvalue weighted by Gasteiger charge is 2.13. The molecule has 1 heterocycles. The minimum atomic E-state index is -0.396. The van der Waals surface area contributed by atoms with E-state index in [1.54, 1.807) is 6.07 Å². The van der Waals surface area contributed by atoms with E-state index in [0.717, 1.165) is 38.2 Å². The van der Waals surface area contributed by atoms with Gasteiger partial charge in [-0.2, -0.15) is 0 Å². The Hall–Kier alpha value is -1.66. The molecule has 6 heteroatoms. The monoisotopic (exact) mass is 281 g/mol. The maximum Gasteiger partial charge on any atom is 0.170 e. The van der Waals surface area contributed by atoms with Gasteiger partial charge in [0.25, 0.3) is 0 Å². The van der Waals surface area contributed by atoms with Gasteiger partial charge in [-0.1, -0.05) is 5.16 Å². The Morgan fingerprint density at radius 2 is 2.35 bits per heavy atom. The smallest absolute Gasteiger partial charge is 0.170 e. The molecule has 4 N–H and O–H groups in total. The molecule has 0 spiro atoms. The molecule has 0 bridgehead atoms. The van der Waals surface area contributed by atoms with Crippen molar-refractivity contribution < 1.29 is 14.3 Å². The summed E-state index contributed by atoms with van der Waals surface area (Å²) in [4.78, 5) is 0. The first-order valence-electron chi connectivity index (χ1n) is 6.75. The van der Waals surface area contributed by atoms with Crippen LogP contribution in [0.1, 0.15) is 24.0 Å². The summed E-state index contributed by atoms with van der Waals surface area (Å²) in [6.45, 7) is 3.02. The van der Waals surface area contributed by atoms with Gasteiger partial charge in [-0.15, -0.1) is 0 Å². The summed E-state index contributed by atoms with van der Waals surface area (Å²) < 4.78 is 18.9. The van der Waals surface area contributed by atoms with Crippen LogP contribution in [-0.4, -0.2) is 30.8 Å². The number of benzene rings is 1. The molecule has 1 aromatic carbocycles. The molecule has 1 unspecified atom stereocenters. The van der Waals surface area contributed by atoms with E-state index in [-0.39, 0.29) is 5.84 Å². The number of oxime groups is 1. The second-order valence-electron chi connectivity index (χ2n) is 5.05. The van der Waals surface area contributed by atoms with Crippen LogP contribution in [0.4, 0.5) is 4.39 Å². The van der Waals surface area contributed by atoms with Crippen molar-refractivity contribution in [1.82, 2.24) is 5.32 Å². The second-order valence-corrected chi connectivity index (χ2v) is 5.05. The van der Waals surface area contributed by atoms with Crippen molar-refractivity contribution >= 4 is 5.84 Å². The fraction of sp³-hybridized carbons (Fsp3) is 0.500. The largest absolute Gasteiger partial charge is 0.409 e. The summed E-state index contributed by atoms with van der Waals surface area (Å²) in [5, 5.41) is 14.8. The number of hydrogen-bond donors (Lipinski definition) is 3. The third kappa shape index (κ3) is 4.18. The molecular formula is C14H20FN3O2. The first-order valence-corrected chi connectivity index (χ1v) is 6.75. The molecule has 2 rings (SSSR count). The van der Waals surface area contributed by atoms with Gasteiger partial charge in [0.15, 0.2) is 5.84 Å². The fourth-order valence-corrected chi connectivity index (χ4v) is 2.35. The maximum atomic E-state index is 13.5. The van der Waals surface area contributed by atoms with E-state index in [0.29, 0.717) is 18.0 Å². The number of nitrogens with one attached hydrogen (secondary N) is 1. The molecule has 20 heavy (non-hydrogen) atoms. The van der Waals surface area contributed by atoms with Crippen LogP contribution < -0.4 is 11.1 Å². The van der Waals surface area contributed by atoms with Crippen molar-refractivity contribution in [2.75, 3.05) is 19.8 Å². The molecule has 0 aliphatic carbocycles. The standard InChI is InChI=1S/C14H20FN3O2/c15-13-5-11(4-12(6-13)14(16)18-19)8-17-7-10-2-1-3-20-9-10/h4-6,10,17,19H,1-3,7-9H2,(H2,16,18). The molecule has 0 saturated carbocycles. The number of nitrogens with zero attached hydrogens (tertiary/aromatic N) is 1. The minimum Gasteiger partial charge on any atom is -0.409 e. The number of amidine groups is 1. The van der Waals surface area contributed by atoms with Gasteiger partial charge in [-0.3, -0.25) is 0 Å². The Morgan fingerprint density at radius 3 is 3.05 bits per heavy atom. The summed E-state index contributed by atoms with van der Waals surface area (Å²) in [7, 11) is 0. The molecule has 1 aromatic rings. The zero-order chi connectivity index (χ0) is 14.4. The number of ether oxygens (including phenoxy) is 1. The summed E-state index contributed by atoms with van der Waals surface area (Å²) in [5.41, 5.74) is 6.62. The van der Waals surface area contributed by atoms with E-state index >= 15 is 0 Å². The third-order valence-electron chi connectivity index (χ3n) is 3.38. The topological polar surface area (TPSA) is 79.9 Å². The van der Waals surface area contributed by atoms with Gasteiger partial charge in [0.2, 0.25) is 0 Å². The Labute approximate surface area is 117 Å². The zero-order valence-corrected chi connectivity index (χ0v) is 11.3. The van der Waals surface area contributed by atoms with Crippen molar-refractivity contribution in [2.45, 2.75) is 19.4 Å². The highest BCUT2D eigenvalue weighted by atomic mass is 19.1. The normalized spacial score (nSPS) is 20.1. The maximum absolute atomic E-state index is 13.5. The minimum absolute atomic E-state index is 0.0913. The lowest BCUT2D eigenvalue weighted by molar-refractivity contribution is 0.0547. The van der Waals surface area contributed by atoms with Crippen LogP contribution in [0.15, 0.2) is 23.4 Å². The second kappa shape index (κ2) is 7.21. The van der Waals surface area contributed by atoms with E-state index in [1.165, 1.54) is 12.1 Å². The van der Waals surface area contributed by atoms with Crippen LogP contribution in [-0.2, 0) is 11.3 Å². The Morgan fingerprint density at radius 1 is 1.50 bits per heavy atom. The highest BCUT2D eigenvalue weighted by Crippen LogP contribution is 2.13.